The van der Waals surface area contributed by atoms with Gasteiger partial charge in [0, 0.05) is 24.7 Å². The van der Waals surface area contributed by atoms with Crippen molar-refractivity contribution in [3.63, 3.8) is 0 Å². The second-order valence-electron chi connectivity index (χ2n) is 7.02. The van der Waals surface area contributed by atoms with Gasteiger partial charge in [-0.3, -0.25) is 14.4 Å². The fourth-order valence-corrected chi connectivity index (χ4v) is 3.50. The smallest absolute Gasteiger partial charge is 0.311 e. The van der Waals surface area contributed by atoms with Crippen LogP contribution in [-0.2, 0) is 32.0 Å². The fraction of sp³-hybridized carbons (Fsp3) is 0.429. The quantitative estimate of drug-likeness (QED) is 0.718. The zero-order valence-corrected chi connectivity index (χ0v) is 16.9. The molecule has 8 heteroatoms. The molecule has 1 atom stereocenters. The molecule has 0 spiro atoms. The molecule has 1 aromatic heterocycles. The van der Waals surface area contributed by atoms with Gasteiger partial charge in [-0.2, -0.15) is 0 Å². The van der Waals surface area contributed by atoms with Gasteiger partial charge in [0.15, 0.2) is 12.4 Å². The molecule has 1 saturated heterocycles. The van der Waals surface area contributed by atoms with Crippen molar-refractivity contribution in [2.24, 2.45) is 5.92 Å². The van der Waals surface area contributed by atoms with E-state index in [1.54, 1.807) is 17.9 Å². The lowest BCUT2D eigenvalue weighted by Crippen LogP contribution is -2.29. The van der Waals surface area contributed by atoms with Gasteiger partial charge in [0.05, 0.1) is 5.92 Å². The van der Waals surface area contributed by atoms with E-state index in [0.717, 1.165) is 29.7 Å². The Morgan fingerprint density at radius 1 is 1.28 bits per heavy atom. The first-order valence-electron chi connectivity index (χ1n) is 9.73. The highest BCUT2D eigenvalue weighted by Crippen LogP contribution is 2.32. The number of para-hydroxylation sites is 1. The number of hydrogen-bond donors (Lipinski definition) is 1. The number of nitrogens with one attached hydrogen (secondary N) is 1. The van der Waals surface area contributed by atoms with Crippen LogP contribution in [0.25, 0.3) is 0 Å². The molecule has 0 bridgehead atoms. The lowest BCUT2D eigenvalue weighted by molar-refractivity contribution is -0.151. The van der Waals surface area contributed by atoms with Gasteiger partial charge in [0.25, 0.3) is 5.91 Å². The Kier molecular flexibility index (Phi) is 6.31. The summed E-state index contributed by atoms with van der Waals surface area (Å²) in [5.41, 5.74) is 3.06. The molecule has 0 saturated carbocycles. The summed E-state index contributed by atoms with van der Waals surface area (Å²) < 4.78 is 9.98. The third-order valence-corrected chi connectivity index (χ3v) is 4.93. The largest absolute Gasteiger partial charge is 0.455 e. The number of ether oxygens (including phenoxy) is 1. The monoisotopic (exact) mass is 399 g/mol. The molecule has 2 heterocycles. The molecule has 0 radical (unpaired) electrons. The Hall–Kier alpha value is -3.16. The van der Waals surface area contributed by atoms with Gasteiger partial charge in [-0.25, -0.2) is 0 Å². The molecule has 1 aromatic carbocycles. The lowest BCUT2D eigenvalue weighted by Gasteiger charge is -2.23. The summed E-state index contributed by atoms with van der Waals surface area (Å²) in [7, 11) is 0. The van der Waals surface area contributed by atoms with Crippen molar-refractivity contribution in [1.82, 2.24) is 5.16 Å². The molecular weight excluding hydrogens is 374 g/mol. The molecule has 2 amide bonds. The number of aromatic nitrogens is 1. The van der Waals surface area contributed by atoms with Crippen molar-refractivity contribution in [3.8, 4) is 0 Å². The molecule has 1 N–H and O–H groups in total. The van der Waals surface area contributed by atoms with Gasteiger partial charge in [0.2, 0.25) is 5.91 Å². The number of hydrogen-bond acceptors (Lipinski definition) is 6. The van der Waals surface area contributed by atoms with E-state index in [1.165, 1.54) is 0 Å². The molecule has 29 heavy (non-hydrogen) atoms. The summed E-state index contributed by atoms with van der Waals surface area (Å²) in [5, 5.41) is 6.13. The van der Waals surface area contributed by atoms with E-state index < -0.39 is 24.4 Å². The summed E-state index contributed by atoms with van der Waals surface area (Å²) in [5.74, 6) is -0.962. The standard InChI is InChI=1S/C21H25N3O5/c1-4-14-7-6-8-15(5-2)20(14)24-11-16(10-19(24)26)21(27)28-12-18(25)22-17-9-13(3)29-23-17/h6-9,16H,4-5,10-12H2,1-3H3,(H,22,23,25)/t16-/m1/s1. The Morgan fingerprint density at radius 3 is 2.55 bits per heavy atom. The maximum Gasteiger partial charge on any atom is 0.311 e. The van der Waals surface area contributed by atoms with Gasteiger partial charge < -0.3 is 19.5 Å². The first kappa shape index (κ1) is 20.6. The second kappa shape index (κ2) is 8.89. The zero-order chi connectivity index (χ0) is 21.0. The third-order valence-electron chi connectivity index (χ3n) is 4.93. The van der Waals surface area contributed by atoms with Crippen molar-refractivity contribution in [3.05, 3.63) is 41.2 Å². The maximum absolute atomic E-state index is 12.6. The average molecular weight is 399 g/mol. The predicted molar refractivity (Wildman–Crippen MR) is 106 cm³/mol. The molecule has 0 unspecified atom stereocenters. The average Bonchev–Trinajstić information content (AvgIpc) is 3.30. The summed E-state index contributed by atoms with van der Waals surface area (Å²) in [6.07, 6.45) is 1.66. The molecule has 1 aliphatic heterocycles. The van der Waals surface area contributed by atoms with Crippen LogP contribution in [-0.4, -0.2) is 36.1 Å². The van der Waals surface area contributed by atoms with Crippen LogP contribution >= 0.6 is 0 Å². The van der Waals surface area contributed by atoms with Crippen molar-refractivity contribution in [1.29, 1.82) is 0 Å². The molecule has 3 rings (SSSR count). The van der Waals surface area contributed by atoms with E-state index in [9.17, 15) is 14.4 Å². The van der Waals surface area contributed by atoms with E-state index in [-0.39, 0.29) is 24.7 Å². The lowest BCUT2D eigenvalue weighted by atomic mass is 10.0. The van der Waals surface area contributed by atoms with Gasteiger partial charge in [-0.15, -0.1) is 0 Å². The number of amides is 2. The number of nitrogens with zero attached hydrogens (tertiary/aromatic N) is 2. The number of carbonyl (C=O) groups excluding carboxylic acids is 3. The Bertz CT molecular complexity index is 899. The van der Waals surface area contributed by atoms with Gasteiger partial charge in [-0.1, -0.05) is 37.2 Å². The molecular formula is C21H25N3O5. The fourth-order valence-electron chi connectivity index (χ4n) is 3.50. The first-order chi connectivity index (χ1) is 13.9. The van der Waals surface area contributed by atoms with Crippen molar-refractivity contribution >= 4 is 29.3 Å². The Balaban J connectivity index is 1.61. The minimum atomic E-state index is -0.598. The van der Waals surface area contributed by atoms with E-state index in [0.29, 0.717) is 5.76 Å². The van der Waals surface area contributed by atoms with Crippen LogP contribution in [0.5, 0.6) is 0 Å². The van der Waals surface area contributed by atoms with Gasteiger partial charge in [0.1, 0.15) is 5.76 Å². The summed E-state index contributed by atoms with van der Waals surface area (Å²) in [6, 6.07) is 7.55. The molecule has 1 fully saturated rings. The minimum absolute atomic E-state index is 0.0735. The van der Waals surface area contributed by atoms with Crippen LogP contribution in [0.4, 0.5) is 11.5 Å². The number of benzene rings is 1. The van der Waals surface area contributed by atoms with Crippen LogP contribution in [0.2, 0.25) is 0 Å². The zero-order valence-electron chi connectivity index (χ0n) is 16.9. The Morgan fingerprint density at radius 2 is 1.97 bits per heavy atom. The topological polar surface area (TPSA) is 102 Å². The van der Waals surface area contributed by atoms with E-state index in [2.05, 4.69) is 10.5 Å². The van der Waals surface area contributed by atoms with Crippen LogP contribution in [0, 0.1) is 12.8 Å². The number of anilines is 2. The summed E-state index contributed by atoms with van der Waals surface area (Å²) >= 11 is 0. The number of esters is 1. The van der Waals surface area contributed by atoms with E-state index in [4.69, 9.17) is 9.26 Å². The normalized spacial score (nSPS) is 16.2. The van der Waals surface area contributed by atoms with Crippen molar-refractivity contribution in [2.45, 2.75) is 40.0 Å². The van der Waals surface area contributed by atoms with E-state index >= 15 is 0 Å². The highest BCUT2D eigenvalue weighted by atomic mass is 16.5. The van der Waals surface area contributed by atoms with Crippen LogP contribution in [0.1, 0.15) is 37.2 Å². The first-order valence-corrected chi connectivity index (χ1v) is 9.73. The molecule has 1 aliphatic rings. The summed E-state index contributed by atoms with van der Waals surface area (Å²) in [4.78, 5) is 38.6. The van der Waals surface area contributed by atoms with Gasteiger partial charge in [-0.05, 0) is 30.9 Å². The SMILES string of the molecule is CCc1cccc(CC)c1N1C[C@H](C(=O)OCC(=O)Nc2cc(C)on2)CC1=O. The third kappa shape index (κ3) is 4.64. The highest BCUT2D eigenvalue weighted by Gasteiger charge is 2.37. The van der Waals surface area contributed by atoms with Crippen LogP contribution in [0.15, 0.2) is 28.8 Å². The van der Waals surface area contributed by atoms with Crippen LogP contribution < -0.4 is 10.2 Å². The molecule has 154 valence electrons. The molecule has 8 nitrogen and oxygen atoms in total. The van der Waals surface area contributed by atoms with Gasteiger partial charge >= 0.3 is 5.97 Å². The number of carbonyl (C=O) groups is 3. The number of rotatable bonds is 7. The number of aryl methyl sites for hydroxylation is 3. The second-order valence-corrected chi connectivity index (χ2v) is 7.02. The molecule has 2 aromatic rings. The van der Waals surface area contributed by atoms with Crippen LogP contribution in [0.3, 0.4) is 0 Å². The summed E-state index contributed by atoms with van der Waals surface area (Å²) in [6.45, 7) is 5.60. The van der Waals surface area contributed by atoms with Crippen molar-refractivity contribution < 1.29 is 23.6 Å². The predicted octanol–water partition coefficient (Wildman–Crippen LogP) is 2.64. The maximum atomic E-state index is 12.6. The van der Waals surface area contributed by atoms with Crippen molar-refractivity contribution in [2.75, 3.05) is 23.4 Å². The molecule has 0 aliphatic carbocycles. The highest BCUT2D eigenvalue weighted by molar-refractivity contribution is 6.01. The Labute approximate surface area is 169 Å². The minimum Gasteiger partial charge on any atom is -0.455 e. The van der Waals surface area contributed by atoms with E-state index in [1.807, 2.05) is 32.0 Å².